The number of halogens is 1. The fourth-order valence-corrected chi connectivity index (χ4v) is 3.47. The van der Waals surface area contributed by atoms with E-state index < -0.39 is 0 Å². The van der Waals surface area contributed by atoms with Crippen molar-refractivity contribution in [1.29, 1.82) is 0 Å². The molecule has 1 unspecified atom stereocenters. The first-order chi connectivity index (χ1) is 15.2. The molecule has 0 radical (unpaired) electrons. The van der Waals surface area contributed by atoms with Crippen LogP contribution in [0.1, 0.15) is 30.0 Å². The van der Waals surface area contributed by atoms with E-state index in [1.807, 2.05) is 12.1 Å². The maximum absolute atomic E-state index is 6.15. The predicted molar refractivity (Wildman–Crippen MR) is 141 cm³/mol. The molecule has 0 spiro atoms. The number of aliphatic imine (C=N–C) groups is 1. The molecule has 2 N–H and O–H groups in total. The Bertz CT molecular complexity index is 837. The van der Waals surface area contributed by atoms with E-state index in [-0.39, 0.29) is 24.0 Å². The first-order valence-corrected chi connectivity index (χ1v) is 11.1. The lowest BCUT2D eigenvalue weighted by atomic mass is 10.1. The second-order valence-electron chi connectivity index (χ2n) is 7.87. The number of methoxy groups -OCH3 is 1. The number of rotatable bonds is 10. The lowest BCUT2D eigenvalue weighted by Gasteiger charge is -2.15. The normalized spacial score (nSPS) is 15.7. The molecule has 1 aliphatic heterocycles. The van der Waals surface area contributed by atoms with Gasteiger partial charge >= 0.3 is 0 Å². The molecule has 176 valence electrons. The van der Waals surface area contributed by atoms with Crippen molar-refractivity contribution in [2.45, 2.75) is 33.2 Å². The van der Waals surface area contributed by atoms with Crippen LogP contribution in [0.25, 0.3) is 0 Å². The summed E-state index contributed by atoms with van der Waals surface area (Å²) in [6, 6.07) is 14.5. The van der Waals surface area contributed by atoms with E-state index in [1.165, 1.54) is 11.1 Å². The van der Waals surface area contributed by atoms with Gasteiger partial charge in [-0.05, 0) is 56.0 Å². The third-order valence-corrected chi connectivity index (χ3v) is 5.34. The summed E-state index contributed by atoms with van der Waals surface area (Å²) in [5.74, 6) is 3.09. The number of benzene rings is 2. The van der Waals surface area contributed by atoms with Gasteiger partial charge in [-0.1, -0.05) is 24.3 Å². The van der Waals surface area contributed by atoms with Gasteiger partial charge < -0.3 is 24.8 Å². The minimum absolute atomic E-state index is 0. The molecular weight excluding hydrogens is 517 g/mol. The van der Waals surface area contributed by atoms with Gasteiger partial charge in [0.05, 0.1) is 26.9 Å². The van der Waals surface area contributed by atoms with Crippen LogP contribution >= 0.6 is 24.0 Å². The van der Waals surface area contributed by atoms with Crippen molar-refractivity contribution in [1.82, 2.24) is 10.6 Å². The van der Waals surface area contributed by atoms with Crippen molar-refractivity contribution in [3.05, 3.63) is 59.2 Å². The predicted octanol–water partition coefficient (Wildman–Crippen LogP) is 4.33. The highest BCUT2D eigenvalue weighted by atomic mass is 127. The van der Waals surface area contributed by atoms with E-state index in [9.17, 15) is 0 Å². The van der Waals surface area contributed by atoms with Crippen LogP contribution in [0.2, 0.25) is 0 Å². The van der Waals surface area contributed by atoms with E-state index in [0.717, 1.165) is 62.2 Å². The SMILES string of the molecule is CCNC(=NCc1ccc(C)cc1OCC1CCOC1)NCCc1ccc(OC)cc1.I. The van der Waals surface area contributed by atoms with Crippen molar-refractivity contribution in [3.63, 3.8) is 0 Å². The van der Waals surface area contributed by atoms with Gasteiger partial charge in [-0.3, -0.25) is 0 Å². The number of nitrogens with zero attached hydrogens (tertiary/aromatic N) is 1. The standard InChI is InChI=1S/C25H35N3O3.HI/c1-4-26-25(27-13-11-20-6-9-23(29-3)10-7-20)28-16-22-8-5-19(2)15-24(22)31-18-21-12-14-30-17-21;/h5-10,15,21H,4,11-14,16-18H2,1-3H3,(H2,26,27,28);1H. The van der Waals surface area contributed by atoms with Crippen LogP contribution in [0.15, 0.2) is 47.5 Å². The molecule has 32 heavy (non-hydrogen) atoms. The zero-order chi connectivity index (χ0) is 21.9. The van der Waals surface area contributed by atoms with E-state index in [4.69, 9.17) is 19.2 Å². The van der Waals surface area contributed by atoms with Crippen LogP contribution in [-0.2, 0) is 17.7 Å². The third kappa shape index (κ3) is 8.50. The number of aryl methyl sites for hydroxylation is 1. The van der Waals surface area contributed by atoms with Crippen LogP contribution in [0.5, 0.6) is 11.5 Å². The van der Waals surface area contributed by atoms with E-state index >= 15 is 0 Å². The summed E-state index contributed by atoms with van der Waals surface area (Å²) in [5.41, 5.74) is 3.54. The van der Waals surface area contributed by atoms with Gasteiger partial charge in [-0.2, -0.15) is 0 Å². The fraction of sp³-hybridized carbons (Fsp3) is 0.480. The van der Waals surface area contributed by atoms with Crippen LogP contribution in [0, 0.1) is 12.8 Å². The first-order valence-electron chi connectivity index (χ1n) is 11.1. The van der Waals surface area contributed by atoms with Crippen molar-refractivity contribution >= 4 is 29.9 Å². The molecule has 6 nitrogen and oxygen atoms in total. The summed E-state index contributed by atoms with van der Waals surface area (Å²) >= 11 is 0. The van der Waals surface area contributed by atoms with Crippen molar-refractivity contribution < 1.29 is 14.2 Å². The van der Waals surface area contributed by atoms with Gasteiger partial charge in [0.1, 0.15) is 11.5 Å². The van der Waals surface area contributed by atoms with Crippen molar-refractivity contribution in [2.75, 3.05) is 40.0 Å². The number of ether oxygens (including phenoxy) is 3. The Kier molecular flexibility index (Phi) is 11.7. The van der Waals surface area contributed by atoms with E-state index in [0.29, 0.717) is 19.1 Å². The molecule has 1 saturated heterocycles. The summed E-state index contributed by atoms with van der Waals surface area (Å²) in [5, 5.41) is 6.75. The van der Waals surface area contributed by atoms with Crippen LogP contribution in [-0.4, -0.2) is 46.0 Å². The van der Waals surface area contributed by atoms with Gasteiger partial charge in [-0.25, -0.2) is 4.99 Å². The van der Waals surface area contributed by atoms with Gasteiger partial charge in [0, 0.05) is 31.2 Å². The first kappa shape index (κ1) is 26.3. The molecule has 0 aliphatic carbocycles. The highest BCUT2D eigenvalue weighted by molar-refractivity contribution is 14.0. The lowest BCUT2D eigenvalue weighted by molar-refractivity contribution is 0.166. The maximum atomic E-state index is 6.15. The topological polar surface area (TPSA) is 64.1 Å². The van der Waals surface area contributed by atoms with E-state index in [1.54, 1.807) is 7.11 Å². The highest BCUT2D eigenvalue weighted by Crippen LogP contribution is 2.23. The average Bonchev–Trinajstić information content (AvgIpc) is 3.31. The Labute approximate surface area is 209 Å². The summed E-state index contributed by atoms with van der Waals surface area (Å²) in [6.07, 6.45) is 1.98. The number of nitrogens with one attached hydrogen (secondary N) is 2. The second-order valence-corrected chi connectivity index (χ2v) is 7.87. The Morgan fingerprint density at radius 1 is 1.16 bits per heavy atom. The number of guanidine groups is 1. The summed E-state index contributed by atoms with van der Waals surface area (Å²) in [6.45, 7) is 8.67. The molecular formula is C25H36IN3O3. The number of hydrogen-bond donors (Lipinski definition) is 2. The molecule has 7 heteroatoms. The maximum Gasteiger partial charge on any atom is 0.191 e. The molecule has 0 saturated carbocycles. The molecule has 1 atom stereocenters. The molecule has 0 aromatic heterocycles. The van der Waals surface area contributed by atoms with Gasteiger partial charge in [-0.15, -0.1) is 24.0 Å². The smallest absolute Gasteiger partial charge is 0.191 e. The zero-order valence-electron chi connectivity index (χ0n) is 19.4. The molecule has 1 heterocycles. The quantitative estimate of drug-likeness (QED) is 0.261. The molecule has 1 aliphatic rings. The lowest BCUT2D eigenvalue weighted by Crippen LogP contribution is -2.38. The Balaban J connectivity index is 0.00000363. The van der Waals surface area contributed by atoms with Crippen LogP contribution in [0.3, 0.4) is 0 Å². The molecule has 2 aromatic rings. The highest BCUT2D eigenvalue weighted by Gasteiger charge is 2.17. The van der Waals surface area contributed by atoms with Crippen molar-refractivity contribution in [2.24, 2.45) is 10.9 Å². The minimum Gasteiger partial charge on any atom is -0.497 e. The summed E-state index contributed by atoms with van der Waals surface area (Å²) < 4.78 is 16.8. The average molecular weight is 553 g/mol. The fourth-order valence-electron chi connectivity index (χ4n) is 3.47. The van der Waals surface area contributed by atoms with Crippen molar-refractivity contribution in [3.8, 4) is 11.5 Å². The Morgan fingerprint density at radius 2 is 1.97 bits per heavy atom. The zero-order valence-corrected chi connectivity index (χ0v) is 21.7. The third-order valence-electron chi connectivity index (χ3n) is 5.34. The van der Waals surface area contributed by atoms with Gasteiger partial charge in [0.15, 0.2) is 5.96 Å². The van der Waals surface area contributed by atoms with Gasteiger partial charge in [0.2, 0.25) is 0 Å². The Hall–Kier alpha value is -2.00. The van der Waals surface area contributed by atoms with Crippen LogP contribution in [0.4, 0.5) is 0 Å². The molecule has 0 bridgehead atoms. The summed E-state index contributed by atoms with van der Waals surface area (Å²) in [4.78, 5) is 4.78. The molecule has 3 rings (SSSR count). The second kappa shape index (κ2) is 14.2. The van der Waals surface area contributed by atoms with E-state index in [2.05, 4.69) is 54.8 Å². The Morgan fingerprint density at radius 3 is 2.66 bits per heavy atom. The van der Waals surface area contributed by atoms with Crippen LogP contribution < -0.4 is 20.1 Å². The van der Waals surface area contributed by atoms with Gasteiger partial charge in [0.25, 0.3) is 0 Å². The molecule has 1 fully saturated rings. The summed E-state index contributed by atoms with van der Waals surface area (Å²) in [7, 11) is 1.68. The molecule has 0 amide bonds. The molecule has 2 aromatic carbocycles. The number of hydrogen-bond acceptors (Lipinski definition) is 4. The minimum atomic E-state index is 0. The monoisotopic (exact) mass is 553 g/mol. The largest absolute Gasteiger partial charge is 0.497 e.